The smallest absolute Gasteiger partial charge is 0.166 e. The number of aldehydes is 1. The highest BCUT2D eigenvalue weighted by Gasteiger charge is 2.17. The predicted molar refractivity (Wildman–Crippen MR) is 55.7 cm³/mol. The monoisotopic (exact) mass is 206 g/mol. The van der Waals surface area contributed by atoms with Crippen LogP contribution < -0.4 is 0 Å². The first-order chi connectivity index (χ1) is 7.29. The highest BCUT2D eigenvalue weighted by Crippen LogP contribution is 2.12. The molecule has 1 saturated heterocycles. The summed E-state index contributed by atoms with van der Waals surface area (Å²) >= 11 is 0. The van der Waals surface area contributed by atoms with E-state index in [0.717, 1.165) is 31.5 Å². The number of likely N-dealkylation sites (tertiary alicyclic amines) is 1. The molecule has 4 nitrogen and oxygen atoms in total. The van der Waals surface area contributed by atoms with Gasteiger partial charge in [0.05, 0.1) is 5.69 Å². The summed E-state index contributed by atoms with van der Waals surface area (Å²) in [5.74, 6) is 0.343. The molecule has 0 bridgehead atoms. The average Bonchev–Trinajstić information content (AvgIpc) is 2.69. The molecule has 0 spiro atoms. The number of Topliss-reactive ketones (excluding diaryl/α,β-unsaturated/α-hetero) is 1. The number of hydrogen-bond acceptors (Lipinski definition) is 3. The molecule has 1 N–H and O–H groups in total. The lowest BCUT2D eigenvalue weighted by Crippen LogP contribution is -2.33. The van der Waals surface area contributed by atoms with Crippen LogP contribution in [0.2, 0.25) is 0 Å². The quantitative estimate of drug-likeness (QED) is 0.750. The Morgan fingerprint density at radius 3 is 2.80 bits per heavy atom. The van der Waals surface area contributed by atoms with Gasteiger partial charge in [-0.05, 0) is 11.6 Å². The molecule has 15 heavy (non-hydrogen) atoms. The van der Waals surface area contributed by atoms with Crippen molar-refractivity contribution in [3.63, 3.8) is 0 Å². The highest BCUT2D eigenvalue weighted by atomic mass is 16.1. The van der Waals surface area contributed by atoms with E-state index < -0.39 is 0 Å². The minimum absolute atomic E-state index is 0.343. The minimum atomic E-state index is 0.343. The van der Waals surface area contributed by atoms with Gasteiger partial charge in [0.15, 0.2) is 6.29 Å². The molecule has 0 aromatic carbocycles. The molecule has 1 aromatic rings. The predicted octanol–water partition coefficient (Wildman–Crippen LogP) is 0.992. The lowest BCUT2D eigenvalue weighted by molar-refractivity contribution is -0.121. The standard InChI is InChI=1S/C11H14N2O2/c14-8-11-9(1-4-12-11)7-13-5-2-10(15)3-6-13/h1,4,8,12H,2-3,5-7H2. The Labute approximate surface area is 88.3 Å². The van der Waals surface area contributed by atoms with Gasteiger partial charge in [-0.25, -0.2) is 0 Å². The number of carbonyl (C=O) groups is 2. The van der Waals surface area contributed by atoms with E-state index in [1.54, 1.807) is 6.20 Å². The lowest BCUT2D eigenvalue weighted by atomic mass is 10.1. The van der Waals surface area contributed by atoms with E-state index in [9.17, 15) is 9.59 Å². The van der Waals surface area contributed by atoms with Crippen molar-refractivity contribution in [2.75, 3.05) is 13.1 Å². The summed E-state index contributed by atoms with van der Waals surface area (Å²) in [5.41, 5.74) is 1.66. The maximum absolute atomic E-state index is 11.0. The number of ketones is 1. The Kier molecular flexibility index (Phi) is 2.97. The van der Waals surface area contributed by atoms with Crippen molar-refractivity contribution in [2.24, 2.45) is 0 Å². The number of piperidine rings is 1. The van der Waals surface area contributed by atoms with Gasteiger partial charge in [0.25, 0.3) is 0 Å². The molecule has 0 unspecified atom stereocenters. The van der Waals surface area contributed by atoms with E-state index in [4.69, 9.17) is 0 Å². The topological polar surface area (TPSA) is 53.2 Å². The van der Waals surface area contributed by atoms with Crippen LogP contribution in [0.15, 0.2) is 12.3 Å². The van der Waals surface area contributed by atoms with Crippen LogP contribution in [0.1, 0.15) is 28.9 Å². The second kappa shape index (κ2) is 4.40. The van der Waals surface area contributed by atoms with Gasteiger partial charge in [-0.15, -0.1) is 0 Å². The van der Waals surface area contributed by atoms with Crippen molar-refractivity contribution in [1.29, 1.82) is 0 Å². The Bertz CT molecular complexity index is 360. The lowest BCUT2D eigenvalue weighted by Gasteiger charge is -2.25. The maximum atomic E-state index is 11.0. The van der Waals surface area contributed by atoms with Crippen molar-refractivity contribution in [2.45, 2.75) is 19.4 Å². The summed E-state index contributed by atoms with van der Waals surface area (Å²) < 4.78 is 0. The zero-order valence-electron chi connectivity index (χ0n) is 8.53. The van der Waals surface area contributed by atoms with Crippen LogP contribution in [0.25, 0.3) is 0 Å². The van der Waals surface area contributed by atoms with E-state index in [1.165, 1.54) is 0 Å². The van der Waals surface area contributed by atoms with Crippen LogP contribution >= 0.6 is 0 Å². The number of aromatic amines is 1. The van der Waals surface area contributed by atoms with Crippen molar-refractivity contribution in [3.05, 3.63) is 23.5 Å². The van der Waals surface area contributed by atoms with Gasteiger partial charge in [-0.1, -0.05) is 0 Å². The van der Waals surface area contributed by atoms with Crippen LogP contribution in [-0.4, -0.2) is 35.0 Å². The first kappa shape index (κ1) is 10.1. The van der Waals surface area contributed by atoms with Gasteiger partial charge in [-0.2, -0.15) is 0 Å². The largest absolute Gasteiger partial charge is 0.359 e. The summed E-state index contributed by atoms with van der Waals surface area (Å²) in [6.45, 7) is 2.37. The second-order valence-electron chi connectivity index (χ2n) is 3.85. The van der Waals surface area contributed by atoms with Crippen LogP contribution in [-0.2, 0) is 11.3 Å². The summed E-state index contributed by atoms with van der Waals surface area (Å²) in [5, 5.41) is 0. The van der Waals surface area contributed by atoms with Crippen molar-refractivity contribution < 1.29 is 9.59 Å². The zero-order chi connectivity index (χ0) is 10.7. The van der Waals surface area contributed by atoms with Gasteiger partial charge in [0.2, 0.25) is 0 Å². The van der Waals surface area contributed by atoms with Crippen LogP contribution in [0.3, 0.4) is 0 Å². The SMILES string of the molecule is O=Cc1[nH]ccc1CN1CCC(=O)CC1. The fourth-order valence-electron chi connectivity index (χ4n) is 1.86. The molecule has 1 aliphatic heterocycles. The molecule has 0 amide bonds. The first-order valence-corrected chi connectivity index (χ1v) is 5.15. The average molecular weight is 206 g/mol. The molecule has 2 rings (SSSR count). The first-order valence-electron chi connectivity index (χ1n) is 5.15. The number of aromatic nitrogens is 1. The molecule has 80 valence electrons. The molecule has 1 fully saturated rings. The fourth-order valence-corrected chi connectivity index (χ4v) is 1.86. The van der Waals surface area contributed by atoms with Crippen molar-refractivity contribution in [1.82, 2.24) is 9.88 Å². The number of rotatable bonds is 3. The van der Waals surface area contributed by atoms with Crippen molar-refractivity contribution >= 4 is 12.1 Å². The molecule has 4 heteroatoms. The number of hydrogen-bond donors (Lipinski definition) is 1. The molecular weight excluding hydrogens is 192 g/mol. The summed E-state index contributed by atoms with van der Waals surface area (Å²) in [6, 6.07) is 1.92. The van der Waals surface area contributed by atoms with Gasteiger partial charge < -0.3 is 4.98 Å². The molecule has 1 aliphatic rings. The van der Waals surface area contributed by atoms with Gasteiger partial charge in [-0.3, -0.25) is 14.5 Å². The molecular formula is C11H14N2O2. The Hall–Kier alpha value is -1.42. The normalized spacial score (nSPS) is 18.0. The number of nitrogens with zero attached hydrogens (tertiary/aromatic N) is 1. The third-order valence-corrected chi connectivity index (χ3v) is 2.79. The number of carbonyl (C=O) groups excluding carboxylic acids is 2. The highest BCUT2D eigenvalue weighted by molar-refractivity contribution is 5.79. The molecule has 0 atom stereocenters. The number of H-pyrrole nitrogens is 1. The summed E-state index contributed by atoms with van der Waals surface area (Å²) in [7, 11) is 0. The Morgan fingerprint density at radius 2 is 2.13 bits per heavy atom. The third-order valence-electron chi connectivity index (χ3n) is 2.79. The van der Waals surface area contributed by atoms with E-state index in [-0.39, 0.29) is 0 Å². The van der Waals surface area contributed by atoms with E-state index in [1.807, 2.05) is 6.07 Å². The molecule has 2 heterocycles. The van der Waals surface area contributed by atoms with Crippen molar-refractivity contribution in [3.8, 4) is 0 Å². The third kappa shape index (κ3) is 2.33. The summed E-state index contributed by atoms with van der Waals surface area (Å²) in [6.07, 6.45) is 3.89. The van der Waals surface area contributed by atoms with Crippen LogP contribution in [0.4, 0.5) is 0 Å². The molecule has 0 radical (unpaired) electrons. The molecule has 0 saturated carbocycles. The van der Waals surface area contributed by atoms with Gasteiger partial charge in [0.1, 0.15) is 5.78 Å². The Balaban J connectivity index is 1.97. The van der Waals surface area contributed by atoms with E-state index in [2.05, 4.69) is 9.88 Å². The second-order valence-corrected chi connectivity index (χ2v) is 3.85. The fraction of sp³-hybridized carbons (Fsp3) is 0.455. The minimum Gasteiger partial charge on any atom is -0.359 e. The Morgan fingerprint density at radius 1 is 1.40 bits per heavy atom. The molecule has 1 aromatic heterocycles. The number of nitrogens with one attached hydrogen (secondary N) is 1. The van der Waals surface area contributed by atoms with E-state index >= 15 is 0 Å². The van der Waals surface area contributed by atoms with Gasteiger partial charge in [0, 0.05) is 38.7 Å². The van der Waals surface area contributed by atoms with Crippen LogP contribution in [0.5, 0.6) is 0 Å². The van der Waals surface area contributed by atoms with E-state index in [0.29, 0.717) is 24.3 Å². The van der Waals surface area contributed by atoms with Gasteiger partial charge >= 0.3 is 0 Å². The zero-order valence-corrected chi connectivity index (χ0v) is 8.53. The van der Waals surface area contributed by atoms with Crippen LogP contribution in [0, 0.1) is 0 Å². The summed E-state index contributed by atoms with van der Waals surface area (Å²) in [4.78, 5) is 26.8. The molecule has 0 aliphatic carbocycles. The maximum Gasteiger partial charge on any atom is 0.166 e.